The molecule has 2 aromatic rings. The van der Waals surface area contributed by atoms with E-state index in [1.165, 1.54) is 5.56 Å². The van der Waals surface area contributed by atoms with Crippen molar-refractivity contribution in [3.63, 3.8) is 0 Å². The third-order valence-electron chi connectivity index (χ3n) is 3.13. The highest BCUT2D eigenvalue weighted by atomic mass is 35.5. The van der Waals surface area contributed by atoms with E-state index in [2.05, 4.69) is 5.32 Å². The lowest BCUT2D eigenvalue weighted by atomic mass is 10.1. The van der Waals surface area contributed by atoms with Gasteiger partial charge in [0.05, 0.1) is 6.42 Å². The van der Waals surface area contributed by atoms with E-state index >= 15 is 0 Å². The van der Waals surface area contributed by atoms with Crippen molar-refractivity contribution < 1.29 is 4.79 Å². The number of anilines is 1. The van der Waals surface area contributed by atoms with Gasteiger partial charge in [-0.1, -0.05) is 35.9 Å². The zero-order chi connectivity index (χ0) is 13.8. The van der Waals surface area contributed by atoms with E-state index in [4.69, 9.17) is 11.6 Å². The van der Waals surface area contributed by atoms with Gasteiger partial charge in [0, 0.05) is 10.7 Å². The van der Waals surface area contributed by atoms with Gasteiger partial charge in [-0.3, -0.25) is 4.79 Å². The molecule has 0 fully saturated rings. The molecule has 1 amide bonds. The summed E-state index contributed by atoms with van der Waals surface area (Å²) < 4.78 is 0. The molecule has 2 nitrogen and oxygen atoms in total. The summed E-state index contributed by atoms with van der Waals surface area (Å²) in [7, 11) is 0. The Labute approximate surface area is 118 Å². The second kappa shape index (κ2) is 5.89. The summed E-state index contributed by atoms with van der Waals surface area (Å²) in [6.07, 6.45) is 0.327. The van der Waals surface area contributed by atoms with Crippen LogP contribution in [0.3, 0.4) is 0 Å². The number of hydrogen-bond donors (Lipinski definition) is 1. The fraction of sp³-hybridized carbons (Fsp3) is 0.188. The SMILES string of the molecule is Cc1cccc(NC(=O)Cc2cccc(Cl)c2)c1C. The van der Waals surface area contributed by atoms with E-state index in [0.29, 0.717) is 11.4 Å². The molecule has 0 saturated carbocycles. The number of rotatable bonds is 3. The molecule has 0 atom stereocenters. The third-order valence-corrected chi connectivity index (χ3v) is 3.37. The molecule has 1 N–H and O–H groups in total. The molecule has 0 heterocycles. The van der Waals surface area contributed by atoms with Crippen LogP contribution in [-0.4, -0.2) is 5.91 Å². The maximum atomic E-state index is 12.0. The van der Waals surface area contributed by atoms with Gasteiger partial charge in [-0.2, -0.15) is 0 Å². The predicted octanol–water partition coefficient (Wildman–Crippen LogP) is 4.14. The summed E-state index contributed by atoms with van der Waals surface area (Å²) in [6, 6.07) is 13.2. The first-order chi connectivity index (χ1) is 9.06. The normalized spacial score (nSPS) is 10.3. The van der Waals surface area contributed by atoms with E-state index in [-0.39, 0.29) is 5.91 Å². The van der Waals surface area contributed by atoms with Gasteiger partial charge in [0.2, 0.25) is 5.91 Å². The van der Waals surface area contributed by atoms with Crippen molar-refractivity contribution in [1.82, 2.24) is 0 Å². The van der Waals surface area contributed by atoms with Crippen LogP contribution < -0.4 is 5.32 Å². The van der Waals surface area contributed by atoms with Crippen LogP contribution in [-0.2, 0) is 11.2 Å². The lowest BCUT2D eigenvalue weighted by Crippen LogP contribution is -2.15. The molecule has 98 valence electrons. The standard InChI is InChI=1S/C16H16ClNO/c1-11-5-3-8-15(12(11)2)18-16(19)10-13-6-4-7-14(17)9-13/h3-9H,10H2,1-2H3,(H,18,19). The molecule has 0 radical (unpaired) electrons. The molecule has 19 heavy (non-hydrogen) atoms. The molecule has 0 bridgehead atoms. The number of carbonyl (C=O) groups excluding carboxylic acids is 1. The van der Waals surface area contributed by atoms with Crippen molar-refractivity contribution in [3.8, 4) is 0 Å². The van der Waals surface area contributed by atoms with Crippen molar-refractivity contribution in [2.24, 2.45) is 0 Å². The lowest BCUT2D eigenvalue weighted by molar-refractivity contribution is -0.115. The van der Waals surface area contributed by atoms with Crippen molar-refractivity contribution in [2.45, 2.75) is 20.3 Å². The van der Waals surface area contributed by atoms with Crippen molar-refractivity contribution in [1.29, 1.82) is 0 Å². The molecule has 3 heteroatoms. The first kappa shape index (κ1) is 13.6. The van der Waals surface area contributed by atoms with Gasteiger partial charge in [-0.05, 0) is 48.7 Å². The Hall–Kier alpha value is -1.80. The number of hydrogen-bond acceptors (Lipinski definition) is 1. The Morgan fingerprint density at radius 1 is 1.16 bits per heavy atom. The summed E-state index contributed by atoms with van der Waals surface area (Å²) in [5, 5.41) is 3.59. The van der Waals surface area contributed by atoms with E-state index in [1.807, 2.05) is 50.2 Å². The van der Waals surface area contributed by atoms with Crippen molar-refractivity contribution in [2.75, 3.05) is 5.32 Å². The number of nitrogens with one attached hydrogen (secondary N) is 1. The van der Waals surface area contributed by atoms with Gasteiger partial charge in [-0.25, -0.2) is 0 Å². The highest BCUT2D eigenvalue weighted by Gasteiger charge is 2.07. The maximum Gasteiger partial charge on any atom is 0.228 e. The minimum atomic E-state index is -0.0315. The average molecular weight is 274 g/mol. The van der Waals surface area contributed by atoms with Crippen LogP contribution in [0.25, 0.3) is 0 Å². The Morgan fingerprint density at radius 2 is 1.89 bits per heavy atom. The molecule has 2 aromatic carbocycles. The Bertz CT molecular complexity index is 607. The van der Waals surface area contributed by atoms with Crippen LogP contribution >= 0.6 is 11.6 Å². The van der Waals surface area contributed by atoms with E-state index < -0.39 is 0 Å². The predicted molar refractivity (Wildman–Crippen MR) is 79.7 cm³/mol. The quantitative estimate of drug-likeness (QED) is 0.895. The van der Waals surface area contributed by atoms with Crippen LogP contribution in [0.1, 0.15) is 16.7 Å². The molecule has 0 aliphatic carbocycles. The Balaban J connectivity index is 2.08. The van der Waals surface area contributed by atoms with Crippen LogP contribution in [0.15, 0.2) is 42.5 Å². The van der Waals surface area contributed by atoms with Gasteiger partial charge in [0.1, 0.15) is 0 Å². The minimum absolute atomic E-state index is 0.0315. The number of aryl methyl sites for hydroxylation is 1. The van der Waals surface area contributed by atoms with E-state index in [0.717, 1.165) is 16.8 Å². The maximum absolute atomic E-state index is 12.0. The first-order valence-corrected chi connectivity index (χ1v) is 6.54. The zero-order valence-electron chi connectivity index (χ0n) is 11.0. The number of carbonyl (C=O) groups is 1. The first-order valence-electron chi connectivity index (χ1n) is 6.17. The summed E-state index contributed by atoms with van der Waals surface area (Å²) in [6.45, 7) is 4.03. The monoisotopic (exact) mass is 273 g/mol. The van der Waals surface area contributed by atoms with Crippen LogP contribution in [0.4, 0.5) is 5.69 Å². The largest absolute Gasteiger partial charge is 0.326 e. The van der Waals surface area contributed by atoms with Crippen molar-refractivity contribution in [3.05, 3.63) is 64.2 Å². The minimum Gasteiger partial charge on any atom is -0.326 e. The Kier molecular flexibility index (Phi) is 4.23. The number of benzene rings is 2. The molecular formula is C16H16ClNO. The molecule has 0 aliphatic heterocycles. The van der Waals surface area contributed by atoms with Crippen LogP contribution in [0.2, 0.25) is 5.02 Å². The summed E-state index contributed by atoms with van der Waals surface area (Å²) in [4.78, 5) is 12.0. The van der Waals surface area contributed by atoms with Gasteiger partial charge in [0.15, 0.2) is 0 Å². The second-order valence-electron chi connectivity index (χ2n) is 4.60. The fourth-order valence-electron chi connectivity index (χ4n) is 1.91. The molecular weight excluding hydrogens is 258 g/mol. The zero-order valence-corrected chi connectivity index (χ0v) is 11.8. The van der Waals surface area contributed by atoms with Gasteiger partial charge < -0.3 is 5.32 Å². The molecule has 0 aromatic heterocycles. The highest BCUT2D eigenvalue weighted by molar-refractivity contribution is 6.30. The van der Waals surface area contributed by atoms with E-state index in [1.54, 1.807) is 6.07 Å². The number of amides is 1. The second-order valence-corrected chi connectivity index (χ2v) is 5.04. The third kappa shape index (κ3) is 3.58. The van der Waals surface area contributed by atoms with Crippen LogP contribution in [0.5, 0.6) is 0 Å². The lowest BCUT2D eigenvalue weighted by Gasteiger charge is -2.10. The highest BCUT2D eigenvalue weighted by Crippen LogP contribution is 2.18. The summed E-state index contributed by atoms with van der Waals surface area (Å²) in [5.74, 6) is -0.0315. The molecule has 0 unspecified atom stereocenters. The van der Waals surface area contributed by atoms with Crippen molar-refractivity contribution >= 4 is 23.2 Å². The van der Waals surface area contributed by atoms with Gasteiger partial charge >= 0.3 is 0 Å². The summed E-state index contributed by atoms with van der Waals surface area (Å²) in [5.41, 5.74) is 4.05. The molecule has 0 saturated heterocycles. The molecule has 0 spiro atoms. The van der Waals surface area contributed by atoms with Gasteiger partial charge in [-0.15, -0.1) is 0 Å². The Morgan fingerprint density at radius 3 is 2.63 bits per heavy atom. The average Bonchev–Trinajstić information content (AvgIpc) is 2.35. The number of halogens is 1. The van der Waals surface area contributed by atoms with E-state index in [9.17, 15) is 4.79 Å². The summed E-state index contributed by atoms with van der Waals surface area (Å²) >= 11 is 5.90. The topological polar surface area (TPSA) is 29.1 Å². The van der Waals surface area contributed by atoms with Gasteiger partial charge in [0.25, 0.3) is 0 Å². The molecule has 0 aliphatic rings. The fourth-order valence-corrected chi connectivity index (χ4v) is 2.13. The van der Waals surface area contributed by atoms with Crippen LogP contribution in [0, 0.1) is 13.8 Å². The smallest absolute Gasteiger partial charge is 0.228 e. The molecule has 2 rings (SSSR count).